The van der Waals surface area contributed by atoms with Gasteiger partial charge in [-0.1, -0.05) is 35.5 Å². The number of hydrogen-bond donors (Lipinski definition) is 2. The molecule has 0 atom stereocenters. The van der Waals surface area contributed by atoms with Crippen molar-refractivity contribution in [2.75, 3.05) is 30.0 Å². The van der Waals surface area contributed by atoms with E-state index < -0.39 is 0 Å². The predicted molar refractivity (Wildman–Crippen MR) is 115 cm³/mol. The molecular weight excluding hydrogens is 414 g/mol. The van der Waals surface area contributed by atoms with Crippen molar-refractivity contribution in [1.82, 2.24) is 4.90 Å². The second-order valence-corrected chi connectivity index (χ2v) is 7.66. The lowest BCUT2D eigenvalue weighted by atomic mass is 10.2. The molecule has 1 heterocycles. The Balaban J connectivity index is 1.48. The Hall–Kier alpha value is -2.71. The summed E-state index contributed by atoms with van der Waals surface area (Å²) in [4.78, 5) is 36.7. The van der Waals surface area contributed by atoms with Crippen molar-refractivity contribution in [1.29, 1.82) is 0 Å². The van der Waals surface area contributed by atoms with Gasteiger partial charge in [0.15, 0.2) is 0 Å². The van der Waals surface area contributed by atoms with Gasteiger partial charge in [0.05, 0.1) is 25.1 Å². The minimum absolute atomic E-state index is 0.146. The first kappa shape index (κ1) is 21.0. The second-order valence-electron chi connectivity index (χ2n) is 6.30. The highest BCUT2D eigenvalue weighted by atomic mass is 35.5. The molecule has 1 aliphatic heterocycles. The summed E-state index contributed by atoms with van der Waals surface area (Å²) in [5.41, 5.74) is 2.19. The molecule has 9 heteroatoms. The van der Waals surface area contributed by atoms with E-state index in [0.717, 1.165) is 23.0 Å². The number of hydrogen-bond acceptors (Lipinski definition) is 6. The normalized spacial score (nSPS) is 13.5. The predicted octanol–water partition coefficient (Wildman–Crippen LogP) is 3.98. The average molecular weight is 434 g/mol. The van der Waals surface area contributed by atoms with E-state index >= 15 is 0 Å². The minimum atomic E-state index is -0.226. The van der Waals surface area contributed by atoms with Crippen LogP contribution in [0.15, 0.2) is 42.5 Å². The van der Waals surface area contributed by atoms with Crippen LogP contribution in [0.1, 0.15) is 12.0 Å². The van der Waals surface area contributed by atoms with Crippen molar-refractivity contribution in [3.05, 3.63) is 53.1 Å². The van der Waals surface area contributed by atoms with E-state index in [0.29, 0.717) is 23.0 Å². The fourth-order valence-corrected chi connectivity index (χ4v) is 3.66. The molecule has 3 amide bonds. The Kier molecular flexibility index (Phi) is 7.00. The summed E-state index contributed by atoms with van der Waals surface area (Å²) >= 11 is 7.00. The van der Waals surface area contributed by atoms with Crippen LogP contribution in [-0.2, 0) is 16.1 Å². The van der Waals surface area contributed by atoms with E-state index in [-0.39, 0.29) is 35.8 Å². The molecule has 0 aliphatic carbocycles. The zero-order valence-corrected chi connectivity index (χ0v) is 17.3. The zero-order valence-electron chi connectivity index (χ0n) is 15.7. The van der Waals surface area contributed by atoms with Crippen LogP contribution in [0.2, 0.25) is 5.02 Å². The molecule has 0 unspecified atom stereocenters. The highest BCUT2D eigenvalue weighted by Gasteiger charge is 2.29. The monoisotopic (exact) mass is 433 g/mol. The number of thioether (sulfide) groups is 1. The number of anilines is 2. The molecule has 2 N–H and O–H groups in total. The van der Waals surface area contributed by atoms with Crippen molar-refractivity contribution in [3.8, 4) is 5.75 Å². The fraction of sp³-hybridized carbons (Fsp3) is 0.250. The average Bonchev–Trinajstić information content (AvgIpc) is 3.01. The maximum absolute atomic E-state index is 12.2. The summed E-state index contributed by atoms with van der Waals surface area (Å²) in [6, 6.07) is 12.3. The molecule has 7 nitrogen and oxygen atoms in total. The standard InChI is InChI=1S/C20H20ClN3O4S/c1-28-17-7-4-14(21)10-16(17)22-9-8-18(25)23-15-5-2-13(3-6-15)11-24-19(26)12-29-20(24)27/h2-7,10,22H,8-9,11-12H2,1H3,(H,23,25). The highest BCUT2D eigenvalue weighted by molar-refractivity contribution is 8.14. The summed E-state index contributed by atoms with van der Waals surface area (Å²) < 4.78 is 5.26. The number of ether oxygens (including phenoxy) is 1. The van der Waals surface area contributed by atoms with Crippen LogP contribution in [0.3, 0.4) is 0 Å². The first-order valence-electron chi connectivity index (χ1n) is 8.89. The van der Waals surface area contributed by atoms with Gasteiger partial charge in [-0.2, -0.15) is 0 Å². The van der Waals surface area contributed by atoms with Gasteiger partial charge in [-0.05, 0) is 35.9 Å². The molecular formula is C20H20ClN3O4S. The molecule has 1 fully saturated rings. The van der Waals surface area contributed by atoms with Gasteiger partial charge in [0, 0.05) is 23.7 Å². The Morgan fingerprint density at radius 1 is 1.21 bits per heavy atom. The molecule has 29 heavy (non-hydrogen) atoms. The first-order valence-corrected chi connectivity index (χ1v) is 10.3. The maximum atomic E-state index is 12.2. The number of nitrogens with zero attached hydrogens (tertiary/aromatic N) is 1. The second kappa shape index (κ2) is 9.67. The summed E-state index contributed by atoms with van der Waals surface area (Å²) in [7, 11) is 1.57. The van der Waals surface area contributed by atoms with E-state index in [1.165, 1.54) is 4.90 Å². The number of rotatable bonds is 8. The lowest BCUT2D eigenvalue weighted by Crippen LogP contribution is -2.27. The van der Waals surface area contributed by atoms with Crippen LogP contribution in [0.4, 0.5) is 16.2 Å². The molecule has 152 valence electrons. The molecule has 0 aromatic heterocycles. The van der Waals surface area contributed by atoms with Crippen molar-refractivity contribution in [3.63, 3.8) is 0 Å². The molecule has 0 bridgehead atoms. The number of carbonyl (C=O) groups excluding carboxylic acids is 3. The van der Waals surface area contributed by atoms with Crippen LogP contribution in [0.25, 0.3) is 0 Å². The lowest BCUT2D eigenvalue weighted by Gasteiger charge is -2.13. The van der Waals surface area contributed by atoms with Crippen LogP contribution >= 0.6 is 23.4 Å². The van der Waals surface area contributed by atoms with Crippen molar-refractivity contribution in [2.45, 2.75) is 13.0 Å². The van der Waals surface area contributed by atoms with Gasteiger partial charge in [-0.25, -0.2) is 0 Å². The molecule has 0 saturated carbocycles. The number of nitrogens with one attached hydrogen (secondary N) is 2. The van der Waals surface area contributed by atoms with Crippen molar-refractivity contribution < 1.29 is 19.1 Å². The smallest absolute Gasteiger partial charge is 0.289 e. The van der Waals surface area contributed by atoms with Gasteiger partial charge >= 0.3 is 0 Å². The quantitative estimate of drug-likeness (QED) is 0.654. The summed E-state index contributed by atoms with van der Waals surface area (Å²) in [5.74, 6) is 0.523. The number of carbonyl (C=O) groups is 3. The number of methoxy groups -OCH3 is 1. The van der Waals surface area contributed by atoms with E-state index in [2.05, 4.69) is 10.6 Å². The topological polar surface area (TPSA) is 87.7 Å². The Bertz CT molecular complexity index is 904. The van der Waals surface area contributed by atoms with E-state index in [1.54, 1.807) is 49.6 Å². The molecule has 0 spiro atoms. The SMILES string of the molecule is COc1ccc(Cl)cc1NCCC(=O)Nc1ccc(CN2C(=O)CSC2=O)cc1. The largest absolute Gasteiger partial charge is 0.495 e. The lowest BCUT2D eigenvalue weighted by molar-refractivity contribution is -0.125. The Morgan fingerprint density at radius 3 is 2.62 bits per heavy atom. The molecule has 0 radical (unpaired) electrons. The van der Waals surface area contributed by atoms with Crippen molar-refractivity contribution >= 4 is 51.8 Å². The van der Waals surface area contributed by atoms with Crippen LogP contribution < -0.4 is 15.4 Å². The van der Waals surface area contributed by atoms with E-state index in [1.807, 2.05) is 0 Å². The summed E-state index contributed by atoms with van der Waals surface area (Å²) in [5, 5.41) is 6.31. The third-order valence-electron chi connectivity index (χ3n) is 4.25. The Labute approximate surface area is 177 Å². The molecule has 3 rings (SSSR count). The molecule has 2 aromatic carbocycles. The summed E-state index contributed by atoms with van der Waals surface area (Å²) in [6.45, 7) is 0.655. The van der Waals surface area contributed by atoms with Crippen LogP contribution in [0.5, 0.6) is 5.75 Å². The van der Waals surface area contributed by atoms with Gasteiger partial charge in [-0.3, -0.25) is 19.3 Å². The van der Waals surface area contributed by atoms with Gasteiger partial charge in [0.2, 0.25) is 11.8 Å². The third kappa shape index (κ3) is 5.65. The summed E-state index contributed by atoms with van der Waals surface area (Å²) in [6.07, 6.45) is 0.255. The van der Waals surface area contributed by atoms with Gasteiger partial charge in [-0.15, -0.1) is 0 Å². The van der Waals surface area contributed by atoms with Crippen LogP contribution in [-0.4, -0.2) is 41.4 Å². The first-order chi connectivity index (χ1) is 14.0. The number of imide groups is 1. The van der Waals surface area contributed by atoms with E-state index in [4.69, 9.17) is 16.3 Å². The number of amides is 3. The van der Waals surface area contributed by atoms with Crippen molar-refractivity contribution in [2.24, 2.45) is 0 Å². The number of benzene rings is 2. The molecule has 2 aromatic rings. The van der Waals surface area contributed by atoms with Crippen LogP contribution in [0, 0.1) is 0 Å². The van der Waals surface area contributed by atoms with Gasteiger partial charge < -0.3 is 15.4 Å². The minimum Gasteiger partial charge on any atom is -0.495 e. The maximum Gasteiger partial charge on any atom is 0.289 e. The third-order valence-corrected chi connectivity index (χ3v) is 5.34. The number of halogens is 1. The Morgan fingerprint density at radius 2 is 1.97 bits per heavy atom. The van der Waals surface area contributed by atoms with E-state index in [9.17, 15) is 14.4 Å². The molecule has 1 saturated heterocycles. The van der Waals surface area contributed by atoms with Gasteiger partial charge in [0.1, 0.15) is 5.75 Å². The van der Waals surface area contributed by atoms with Gasteiger partial charge in [0.25, 0.3) is 5.24 Å². The highest BCUT2D eigenvalue weighted by Crippen LogP contribution is 2.27. The molecule has 1 aliphatic rings. The fourth-order valence-electron chi connectivity index (χ4n) is 2.76. The zero-order chi connectivity index (χ0) is 20.8.